The molecule has 0 saturated heterocycles. The van der Waals surface area contributed by atoms with Gasteiger partial charge in [0.2, 0.25) is 5.90 Å². The van der Waals surface area contributed by atoms with Crippen molar-refractivity contribution in [2.45, 2.75) is 37.8 Å². The lowest BCUT2D eigenvalue weighted by atomic mass is 9.81. The van der Waals surface area contributed by atoms with Gasteiger partial charge in [0.1, 0.15) is 11.5 Å². The Balaban J connectivity index is 1.52. The minimum Gasteiger partial charge on any atom is -0.494 e. The van der Waals surface area contributed by atoms with Crippen LogP contribution in [-0.2, 0) is 22.4 Å². The minimum absolute atomic E-state index is 0.0402. The van der Waals surface area contributed by atoms with E-state index in [1.165, 1.54) is 0 Å². The summed E-state index contributed by atoms with van der Waals surface area (Å²) in [6, 6.07) is 29.7. The second-order valence-corrected chi connectivity index (χ2v) is 11.8. The zero-order chi connectivity index (χ0) is 33.8. The van der Waals surface area contributed by atoms with Crippen LogP contribution < -0.4 is 20.3 Å². The van der Waals surface area contributed by atoms with E-state index < -0.39 is 17.6 Å². The summed E-state index contributed by atoms with van der Waals surface area (Å²) in [7, 11) is 0. The number of aliphatic imine (C=N–C) groups is 1. The Kier molecular flexibility index (Phi) is 12.1. The van der Waals surface area contributed by atoms with Gasteiger partial charge < -0.3 is 19.3 Å². The maximum atomic E-state index is 14.5. The molecule has 0 spiro atoms. The lowest BCUT2D eigenvalue weighted by Gasteiger charge is -2.31. The number of aliphatic hydroxyl groups excluding tert-OH is 1. The molecule has 0 aromatic heterocycles. The average Bonchev–Trinajstić information content (AvgIpc) is 3.49. The number of nitrogens with one attached hydrogen (secondary N) is 2. The smallest absolute Gasteiger partial charge is 0.266 e. The molecule has 11 nitrogen and oxygen atoms in total. The predicted molar refractivity (Wildman–Crippen MR) is 187 cm³/mol. The highest BCUT2D eigenvalue weighted by molar-refractivity contribution is 9.10. The summed E-state index contributed by atoms with van der Waals surface area (Å²) in [6.07, 6.45) is 0.330. The lowest BCUT2D eigenvalue weighted by molar-refractivity contribution is -0.130. The van der Waals surface area contributed by atoms with Gasteiger partial charge in [-0.2, -0.15) is 0 Å². The zero-order valence-electron chi connectivity index (χ0n) is 26.5. The van der Waals surface area contributed by atoms with Crippen LogP contribution in [-0.4, -0.2) is 48.8 Å². The molecule has 1 aliphatic heterocycles. The number of para-hydroxylation sites is 1. The standard InChI is InChI=1S/C36H37BrN6O5/c1-2-46-32-15-8-4-10-25(32)20-21-39-42-35(45)36(24-27-11-3-6-13-30(27)37)33(29-12-5-7-14-31(29)41-43-38)48-34(40-36)26-16-18-28(19-17-26)47-23-9-22-44/h3-8,10-19,33,39,44H,2,9,20-24H2,1H3,(H,42,45)/t33-,36-/m0/s1. The summed E-state index contributed by atoms with van der Waals surface area (Å²) in [5, 5.41) is 13.0. The highest BCUT2D eigenvalue weighted by Gasteiger charge is 2.54. The number of halogens is 1. The molecule has 4 aromatic carbocycles. The third kappa shape index (κ3) is 8.15. The third-order valence-corrected chi connectivity index (χ3v) is 8.59. The molecule has 0 bridgehead atoms. The molecule has 3 N–H and O–H groups in total. The number of azide groups is 1. The number of nitrogens with zero attached hydrogens (tertiary/aromatic N) is 4. The molecule has 0 unspecified atom stereocenters. The van der Waals surface area contributed by atoms with Gasteiger partial charge in [0, 0.05) is 52.2 Å². The van der Waals surface area contributed by atoms with Crippen LogP contribution >= 0.6 is 15.9 Å². The molecule has 12 heteroatoms. The van der Waals surface area contributed by atoms with E-state index in [4.69, 9.17) is 24.3 Å². The van der Waals surface area contributed by atoms with Gasteiger partial charge in [-0.3, -0.25) is 10.2 Å². The van der Waals surface area contributed by atoms with Gasteiger partial charge in [0.25, 0.3) is 5.91 Å². The van der Waals surface area contributed by atoms with Gasteiger partial charge in [-0.05, 0) is 66.4 Å². The Labute approximate surface area is 287 Å². The number of ether oxygens (including phenoxy) is 3. The SMILES string of the molecule is CCOc1ccccc1CCNNC(=O)[C@@]1(Cc2ccccc2Br)N=C(c2ccc(OCCCO)cc2)O[C@H]1c1ccccc1N=[N+]=[N-]. The van der Waals surface area contributed by atoms with Crippen molar-refractivity contribution < 1.29 is 24.1 Å². The van der Waals surface area contributed by atoms with Crippen LogP contribution in [0.25, 0.3) is 10.4 Å². The van der Waals surface area contributed by atoms with Crippen LogP contribution in [0, 0.1) is 0 Å². The number of hydrogen-bond acceptors (Lipinski definition) is 8. The van der Waals surface area contributed by atoms with Crippen LogP contribution in [0.1, 0.15) is 41.7 Å². The molecule has 0 aliphatic carbocycles. The molecule has 248 valence electrons. The van der Waals surface area contributed by atoms with Crippen molar-refractivity contribution >= 4 is 33.4 Å². The summed E-state index contributed by atoms with van der Waals surface area (Å²) in [6.45, 7) is 3.34. The van der Waals surface area contributed by atoms with Crippen molar-refractivity contribution in [2.24, 2.45) is 10.1 Å². The first kappa shape index (κ1) is 34.5. The molecule has 4 aromatic rings. The van der Waals surface area contributed by atoms with Gasteiger partial charge in [0.05, 0.1) is 13.2 Å². The first-order valence-corrected chi connectivity index (χ1v) is 16.5. The van der Waals surface area contributed by atoms with Crippen molar-refractivity contribution in [2.75, 3.05) is 26.4 Å². The quantitative estimate of drug-likeness (QED) is 0.0378. The van der Waals surface area contributed by atoms with E-state index in [9.17, 15) is 10.3 Å². The first-order chi connectivity index (χ1) is 23.5. The molecule has 0 radical (unpaired) electrons. The fraction of sp³-hybridized carbons (Fsp3) is 0.278. The average molecular weight is 714 g/mol. The Morgan fingerprint density at radius 3 is 2.50 bits per heavy atom. The maximum absolute atomic E-state index is 14.5. The van der Waals surface area contributed by atoms with Gasteiger partial charge in [-0.15, -0.1) is 0 Å². The van der Waals surface area contributed by atoms with Crippen LogP contribution in [0.5, 0.6) is 11.5 Å². The van der Waals surface area contributed by atoms with Crippen molar-refractivity contribution in [3.05, 3.63) is 134 Å². The fourth-order valence-corrected chi connectivity index (χ4v) is 5.92. The van der Waals surface area contributed by atoms with Crippen LogP contribution in [0.15, 0.2) is 112 Å². The summed E-state index contributed by atoms with van der Waals surface area (Å²) >= 11 is 3.65. The normalized spacial score (nSPS) is 16.7. The minimum atomic E-state index is -1.52. The molecular weight excluding hydrogens is 676 g/mol. The Hall–Kier alpha value is -4.87. The van der Waals surface area contributed by atoms with Crippen molar-refractivity contribution in [1.29, 1.82) is 0 Å². The Bertz CT molecular complexity index is 1780. The van der Waals surface area contributed by atoms with Crippen molar-refractivity contribution in [3.63, 3.8) is 0 Å². The van der Waals surface area contributed by atoms with E-state index >= 15 is 0 Å². The maximum Gasteiger partial charge on any atom is 0.266 e. The summed E-state index contributed by atoms with van der Waals surface area (Å²) < 4.78 is 18.9. The summed E-state index contributed by atoms with van der Waals surface area (Å²) in [4.78, 5) is 22.6. The second kappa shape index (κ2) is 16.8. The topological polar surface area (TPSA) is 150 Å². The molecule has 1 aliphatic rings. The number of aliphatic hydroxyl groups is 1. The summed E-state index contributed by atoms with van der Waals surface area (Å²) in [5.74, 6) is 1.27. The van der Waals surface area contributed by atoms with Gasteiger partial charge in [-0.25, -0.2) is 10.4 Å². The molecule has 0 fully saturated rings. The number of hydrogen-bond donors (Lipinski definition) is 3. The largest absolute Gasteiger partial charge is 0.494 e. The monoisotopic (exact) mass is 712 g/mol. The lowest BCUT2D eigenvalue weighted by Crippen LogP contribution is -2.54. The fourth-order valence-electron chi connectivity index (χ4n) is 5.49. The number of rotatable bonds is 16. The second-order valence-electron chi connectivity index (χ2n) is 11.0. The zero-order valence-corrected chi connectivity index (χ0v) is 28.1. The van der Waals surface area contributed by atoms with E-state index in [0.29, 0.717) is 55.2 Å². The number of amides is 1. The highest BCUT2D eigenvalue weighted by Crippen LogP contribution is 2.46. The molecule has 0 saturated carbocycles. The molecule has 1 heterocycles. The van der Waals surface area contributed by atoms with Gasteiger partial charge in [-0.1, -0.05) is 81.7 Å². The predicted octanol–water partition coefficient (Wildman–Crippen LogP) is 6.91. The molecule has 2 atom stereocenters. The molecule has 1 amide bonds. The van der Waals surface area contributed by atoms with Crippen LogP contribution in [0.3, 0.4) is 0 Å². The molecular formula is C36H37BrN6O5. The number of carbonyl (C=O) groups is 1. The van der Waals surface area contributed by atoms with Crippen molar-refractivity contribution in [1.82, 2.24) is 10.9 Å². The van der Waals surface area contributed by atoms with Crippen LogP contribution in [0.2, 0.25) is 0 Å². The van der Waals surface area contributed by atoms with E-state index in [0.717, 1.165) is 21.3 Å². The van der Waals surface area contributed by atoms with E-state index in [2.05, 4.69) is 36.8 Å². The van der Waals surface area contributed by atoms with Crippen molar-refractivity contribution in [3.8, 4) is 11.5 Å². The highest BCUT2D eigenvalue weighted by atomic mass is 79.9. The number of benzene rings is 4. The molecule has 48 heavy (non-hydrogen) atoms. The summed E-state index contributed by atoms with van der Waals surface area (Å²) in [5.41, 5.74) is 17.2. The molecule has 5 rings (SSSR count). The Morgan fingerprint density at radius 1 is 1.02 bits per heavy atom. The Morgan fingerprint density at radius 2 is 1.75 bits per heavy atom. The number of carbonyl (C=O) groups excluding carboxylic acids is 1. The van der Waals surface area contributed by atoms with Gasteiger partial charge in [0.15, 0.2) is 11.6 Å². The van der Waals surface area contributed by atoms with E-state index in [1.54, 1.807) is 36.4 Å². The van der Waals surface area contributed by atoms with E-state index in [1.807, 2.05) is 67.6 Å². The number of hydrazine groups is 1. The van der Waals surface area contributed by atoms with E-state index in [-0.39, 0.29) is 18.9 Å². The van der Waals surface area contributed by atoms with Crippen LogP contribution in [0.4, 0.5) is 5.69 Å². The third-order valence-electron chi connectivity index (χ3n) is 7.81. The first-order valence-electron chi connectivity index (χ1n) is 15.7. The van der Waals surface area contributed by atoms with Gasteiger partial charge >= 0.3 is 0 Å².